The minimum atomic E-state index is -0.623. The van der Waals surface area contributed by atoms with Crippen LogP contribution in [0.2, 0.25) is 0 Å². The van der Waals surface area contributed by atoms with Gasteiger partial charge >= 0.3 is 5.97 Å². The largest absolute Gasteiger partial charge is 0.491 e. The highest BCUT2D eigenvalue weighted by atomic mass is 16.6. The highest BCUT2D eigenvalue weighted by molar-refractivity contribution is 5.77. The number of hydrogen-bond acceptors (Lipinski definition) is 5. The Morgan fingerprint density at radius 3 is 1.69 bits per heavy atom. The van der Waals surface area contributed by atoms with Crippen molar-refractivity contribution in [2.24, 2.45) is 0 Å². The lowest BCUT2D eigenvalue weighted by Gasteiger charge is -2.24. The van der Waals surface area contributed by atoms with Gasteiger partial charge in [-0.15, -0.1) is 0 Å². The molecule has 5 nitrogen and oxygen atoms in total. The predicted octanol–water partition coefficient (Wildman–Crippen LogP) is 10.2. The van der Waals surface area contributed by atoms with E-state index in [9.17, 15) is 4.79 Å². The average Bonchev–Trinajstić information content (AvgIpc) is 3.33. The second-order valence-electron chi connectivity index (χ2n) is 13.0. The lowest BCUT2D eigenvalue weighted by atomic mass is 9.86. The first kappa shape index (κ1) is 35.8. The van der Waals surface area contributed by atoms with Crippen LogP contribution in [0.3, 0.4) is 0 Å². The van der Waals surface area contributed by atoms with Gasteiger partial charge in [0.1, 0.15) is 18.5 Å². The Balaban J connectivity index is 1.23. The molecular weight excluding hydrogens is 633 g/mol. The normalized spacial score (nSPS) is 15.2. The molecule has 0 N–H and O–H groups in total. The molecule has 0 bridgehead atoms. The molecule has 0 spiro atoms. The van der Waals surface area contributed by atoms with Crippen LogP contribution in [0.5, 0.6) is 5.75 Å². The third kappa shape index (κ3) is 8.86. The van der Waals surface area contributed by atoms with E-state index >= 15 is 0 Å². The number of fused-ring (bicyclic) bond motifs is 2. The SMILES string of the molecule is CCOC(=O)C(Cc1ccc(OCCOC2c3cc(C(C)c4ccccc4)ccc3C=Cc3ccc(C(C)c4ccccc4)cc32)cc1)OCC. The molecule has 5 heteroatoms. The van der Waals surface area contributed by atoms with Gasteiger partial charge in [-0.1, -0.05) is 135 Å². The van der Waals surface area contributed by atoms with E-state index in [2.05, 4.69) is 123 Å². The van der Waals surface area contributed by atoms with E-state index in [0.717, 1.165) is 33.6 Å². The first-order valence-electron chi connectivity index (χ1n) is 18.1. The topological polar surface area (TPSA) is 54.0 Å². The Morgan fingerprint density at radius 1 is 0.627 bits per heavy atom. The van der Waals surface area contributed by atoms with Gasteiger partial charge in [0.2, 0.25) is 0 Å². The molecule has 5 aromatic rings. The zero-order chi connectivity index (χ0) is 35.6. The number of ether oxygens (including phenoxy) is 4. The third-order valence-electron chi connectivity index (χ3n) is 9.73. The number of carbonyl (C=O) groups excluding carboxylic acids is 1. The van der Waals surface area contributed by atoms with E-state index in [1.165, 1.54) is 22.3 Å². The molecule has 1 aliphatic carbocycles. The van der Waals surface area contributed by atoms with Gasteiger partial charge in [-0.25, -0.2) is 4.79 Å². The summed E-state index contributed by atoms with van der Waals surface area (Å²) in [6.45, 7) is 9.76. The molecule has 5 aromatic carbocycles. The van der Waals surface area contributed by atoms with Crippen molar-refractivity contribution in [1.82, 2.24) is 0 Å². The fourth-order valence-corrected chi connectivity index (χ4v) is 6.79. The number of hydrogen-bond donors (Lipinski definition) is 0. The maximum atomic E-state index is 12.3. The van der Waals surface area contributed by atoms with Crippen LogP contribution in [0.4, 0.5) is 0 Å². The fraction of sp³-hybridized carbons (Fsp3) is 0.283. The van der Waals surface area contributed by atoms with Gasteiger partial charge < -0.3 is 18.9 Å². The first-order valence-corrected chi connectivity index (χ1v) is 18.1. The Kier molecular flexibility index (Phi) is 12.2. The van der Waals surface area contributed by atoms with E-state index in [1.54, 1.807) is 6.92 Å². The zero-order valence-corrected chi connectivity index (χ0v) is 30.1. The standard InChI is InChI=1S/C46H48O5/c1-5-48-44(46(47)49-6-2)29-34-17-25-41(26-18-34)50-27-28-51-45-42-30-39(32(3)35-13-9-7-10-14-35)23-21-37(42)19-20-38-22-24-40(31-43(38)45)33(4)36-15-11-8-12-16-36/h7-26,30-33,44-45H,5-6,27-29H2,1-4H3. The molecule has 0 fully saturated rings. The van der Waals surface area contributed by atoms with E-state index < -0.39 is 6.10 Å². The van der Waals surface area contributed by atoms with Crippen molar-refractivity contribution in [2.75, 3.05) is 26.4 Å². The predicted molar refractivity (Wildman–Crippen MR) is 205 cm³/mol. The summed E-state index contributed by atoms with van der Waals surface area (Å²) < 4.78 is 23.8. The maximum absolute atomic E-state index is 12.3. The Morgan fingerprint density at radius 2 is 1.18 bits per heavy atom. The monoisotopic (exact) mass is 680 g/mol. The van der Waals surface area contributed by atoms with Crippen LogP contribution in [-0.2, 0) is 25.4 Å². The molecule has 0 saturated carbocycles. The van der Waals surface area contributed by atoms with Crippen LogP contribution < -0.4 is 4.74 Å². The van der Waals surface area contributed by atoms with E-state index in [1.807, 2.05) is 31.2 Å². The van der Waals surface area contributed by atoms with Crippen LogP contribution in [0.15, 0.2) is 121 Å². The molecule has 0 saturated heterocycles. The summed E-state index contributed by atoms with van der Waals surface area (Å²) in [6, 6.07) is 42.7. The minimum Gasteiger partial charge on any atom is -0.491 e. The first-order chi connectivity index (χ1) is 24.9. The Hall–Kier alpha value is -4.97. The second kappa shape index (κ2) is 17.3. The lowest BCUT2D eigenvalue weighted by Crippen LogP contribution is -2.28. The summed E-state index contributed by atoms with van der Waals surface area (Å²) >= 11 is 0. The van der Waals surface area contributed by atoms with E-state index in [0.29, 0.717) is 32.8 Å². The van der Waals surface area contributed by atoms with Gasteiger partial charge in [-0.3, -0.25) is 0 Å². The average molecular weight is 681 g/mol. The highest BCUT2D eigenvalue weighted by Gasteiger charge is 2.25. The second-order valence-corrected chi connectivity index (χ2v) is 13.0. The summed E-state index contributed by atoms with van der Waals surface area (Å²) in [5.74, 6) is 0.881. The van der Waals surface area contributed by atoms with Crippen molar-refractivity contribution in [3.05, 3.63) is 171 Å². The Bertz CT molecular complexity index is 1800. The molecule has 1 aliphatic rings. The Labute approximate surface area is 302 Å². The zero-order valence-electron chi connectivity index (χ0n) is 30.1. The molecular formula is C46H48O5. The molecule has 0 amide bonds. The van der Waals surface area contributed by atoms with Gasteiger partial charge in [0.05, 0.1) is 13.2 Å². The van der Waals surface area contributed by atoms with Crippen LogP contribution in [0.1, 0.15) is 95.7 Å². The lowest BCUT2D eigenvalue weighted by molar-refractivity contribution is -0.156. The molecule has 3 unspecified atom stereocenters. The van der Waals surface area contributed by atoms with Gasteiger partial charge in [-0.05, 0) is 76.1 Å². The van der Waals surface area contributed by atoms with Gasteiger partial charge in [0.25, 0.3) is 0 Å². The van der Waals surface area contributed by atoms with Gasteiger partial charge in [0, 0.05) is 24.9 Å². The van der Waals surface area contributed by atoms with Crippen molar-refractivity contribution in [1.29, 1.82) is 0 Å². The third-order valence-corrected chi connectivity index (χ3v) is 9.73. The van der Waals surface area contributed by atoms with E-state index in [-0.39, 0.29) is 23.9 Å². The van der Waals surface area contributed by atoms with Crippen molar-refractivity contribution >= 4 is 18.1 Å². The van der Waals surface area contributed by atoms with Crippen LogP contribution in [-0.4, -0.2) is 38.5 Å². The molecule has 0 aliphatic heterocycles. The summed E-state index contributed by atoms with van der Waals surface area (Å²) in [7, 11) is 0. The molecule has 0 heterocycles. The summed E-state index contributed by atoms with van der Waals surface area (Å²) in [4.78, 5) is 12.3. The fourth-order valence-electron chi connectivity index (χ4n) is 6.79. The quantitative estimate of drug-likeness (QED) is 0.0814. The summed E-state index contributed by atoms with van der Waals surface area (Å²) in [5.41, 5.74) is 10.7. The number of carbonyl (C=O) groups is 1. The molecule has 262 valence electrons. The number of benzene rings is 5. The maximum Gasteiger partial charge on any atom is 0.335 e. The highest BCUT2D eigenvalue weighted by Crippen LogP contribution is 2.39. The summed E-state index contributed by atoms with van der Waals surface area (Å²) in [6.07, 6.45) is 3.97. The summed E-state index contributed by atoms with van der Waals surface area (Å²) in [5, 5.41) is 0. The van der Waals surface area contributed by atoms with Gasteiger partial charge in [-0.2, -0.15) is 0 Å². The minimum absolute atomic E-state index is 0.237. The van der Waals surface area contributed by atoms with Crippen LogP contribution >= 0.6 is 0 Å². The smallest absolute Gasteiger partial charge is 0.335 e. The molecule has 6 rings (SSSR count). The van der Waals surface area contributed by atoms with Crippen molar-refractivity contribution < 1.29 is 23.7 Å². The number of rotatable bonds is 15. The molecule has 51 heavy (non-hydrogen) atoms. The molecule has 3 atom stereocenters. The molecule has 0 aromatic heterocycles. The van der Waals surface area contributed by atoms with Crippen LogP contribution in [0, 0.1) is 0 Å². The van der Waals surface area contributed by atoms with Gasteiger partial charge in [0.15, 0.2) is 6.10 Å². The molecule has 0 radical (unpaired) electrons. The van der Waals surface area contributed by atoms with Crippen LogP contribution in [0.25, 0.3) is 12.2 Å². The van der Waals surface area contributed by atoms with Crippen molar-refractivity contribution in [2.45, 2.75) is 58.2 Å². The number of esters is 1. The van der Waals surface area contributed by atoms with Crippen molar-refractivity contribution in [3.8, 4) is 5.75 Å². The van der Waals surface area contributed by atoms with E-state index in [4.69, 9.17) is 18.9 Å². The van der Waals surface area contributed by atoms with Crippen molar-refractivity contribution in [3.63, 3.8) is 0 Å².